The van der Waals surface area contributed by atoms with Crippen molar-refractivity contribution >= 4 is 12.3 Å². The van der Waals surface area contributed by atoms with Gasteiger partial charge in [-0.15, -0.1) is 0 Å². The Kier molecular flexibility index (Phi) is 2.53. The van der Waals surface area contributed by atoms with Crippen LogP contribution in [0.25, 0.3) is 0 Å². The highest BCUT2D eigenvalue weighted by molar-refractivity contribution is 5.99. The lowest BCUT2D eigenvalue weighted by atomic mass is 10.2. The van der Waals surface area contributed by atoms with Gasteiger partial charge in [0.2, 0.25) is 6.41 Å². The van der Waals surface area contributed by atoms with E-state index in [-0.39, 0.29) is 5.91 Å². The van der Waals surface area contributed by atoms with Crippen molar-refractivity contribution in [2.75, 3.05) is 7.05 Å². The summed E-state index contributed by atoms with van der Waals surface area (Å²) in [5.74, 6) is -0.326. The van der Waals surface area contributed by atoms with Crippen LogP contribution in [0.2, 0.25) is 0 Å². The molecule has 12 heavy (non-hydrogen) atoms. The molecule has 0 fully saturated rings. The van der Waals surface area contributed by atoms with E-state index in [0.717, 1.165) is 4.90 Å². The molecule has 0 saturated carbocycles. The third kappa shape index (κ3) is 1.66. The Morgan fingerprint density at radius 3 is 2.58 bits per heavy atom. The van der Waals surface area contributed by atoms with Gasteiger partial charge in [0.05, 0.1) is 0 Å². The lowest BCUT2D eigenvalue weighted by molar-refractivity contribution is -0.115. The van der Waals surface area contributed by atoms with Gasteiger partial charge in [-0.1, -0.05) is 0 Å². The highest BCUT2D eigenvalue weighted by atomic mass is 16.2. The maximum atomic E-state index is 11.2. The molecule has 0 spiro atoms. The number of amides is 2. The summed E-state index contributed by atoms with van der Waals surface area (Å²) in [6.45, 7) is 0. The zero-order chi connectivity index (χ0) is 8.97. The molecule has 0 aliphatic heterocycles. The molecule has 1 aromatic rings. The first-order valence-corrected chi connectivity index (χ1v) is 3.38. The highest BCUT2D eigenvalue weighted by Gasteiger charge is 2.08. The molecule has 4 nitrogen and oxygen atoms in total. The van der Waals surface area contributed by atoms with Gasteiger partial charge in [-0.2, -0.15) is 0 Å². The average molecular weight is 164 g/mol. The molecule has 1 heterocycles. The Balaban J connectivity index is 2.85. The molecule has 0 aliphatic rings. The third-order valence-corrected chi connectivity index (χ3v) is 1.41. The fourth-order valence-electron chi connectivity index (χ4n) is 0.746. The Bertz CT molecular complexity index is 284. The molecule has 0 radical (unpaired) electrons. The predicted octanol–water partition coefficient (Wildman–Crippen LogP) is 0.310. The number of rotatable bonds is 2. The fraction of sp³-hybridized carbons (Fsp3) is 0.125. The quantitative estimate of drug-likeness (QED) is 0.591. The van der Waals surface area contributed by atoms with Crippen LogP contribution >= 0.6 is 0 Å². The zero-order valence-electron chi connectivity index (χ0n) is 6.60. The van der Waals surface area contributed by atoms with Crippen LogP contribution in [-0.2, 0) is 4.79 Å². The first kappa shape index (κ1) is 8.39. The van der Waals surface area contributed by atoms with E-state index < -0.39 is 0 Å². The molecule has 0 aliphatic carbocycles. The van der Waals surface area contributed by atoms with E-state index in [1.165, 1.54) is 19.4 Å². The molecule has 1 aromatic heterocycles. The van der Waals surface area contributed by atoms with Crippen molar-refractivity contribution < 1.29 is 9.59 Å². The topological polar surface area (TPSA) is 50.3 Å². The lowest BCUT2D eigenvalue weighted by Crippen LogP contribution is -2.24. The van der Waals surface area contributed by atoms with E-state index in [9.17, 15) is 9.59 Å². The molecule has 0 unspecified atom stereocenters. The second kappa shape index (κ2) is 3.61. The minimum Gasteiger partial charge on any atom is -0.284 e. The van der Waals surface area contributed by atoms with Gasteiger partial charge in [-0.3, -0.25) is 19.5 Å². The van der Waals surface area contributed by atoms with Gasteiger partial charge in [0.1, 0.15) is 0 Å². The molecule has 1 rings (SSSR count). The van der Waals surface area contributed by atoms with E-state index in [0.29, 0.717) is 12.0 Å². The average Bonchev–Trinajstić information content (AvgIpc) is 2.17. The van der Waals surface area contributed by atoms with Crippen molar-refractivity contribution in [1.82, 2.24) is 9.88 Å². The standard InChI is InChI=1S/C8H8N2O2/c1-10(6-11)8(12)7-2-4-9-5-3-7/h2-6H,1H3. The van der Waals surface area contributed by atoms with Crippen molar-refractivity contribution in [3.05, 3.63) is 30.1 Å². The fourth-order valence-corrected chi connectivity index (χ4v) is 0.746. The van der Waals surface area contributed by atoms with Gasteiger partial charge in [-0.05, 0) is 12.1 Å². The second-order valence-corrected chi connectivity index (χ2v) is 2.26. The molecule has 0 atom stereocenters. The number of nitrogens with zero attached hydrogens (tertiary/aromatic N) is 2. The van der Waals surface area contributed by atoms with Crippen LogP contribution in [0.4, 0.5) is 0 Å². The van der Waals surface area contributed by atoms with Crippen LogP contribution in [0.3, 0.4) is 0 Å². The van der Waals surface area contributed by atoms with Gasteiger partial charge in [0.15, 0.2) is 0 Å². The molecule has 0 aromatic carbocycles. The van der Waals surface area contributed by atoms with Gasteiger partial charge in [0, 0.05) is 25.0 Å². The lowest BCUT2D eigenvalue weighted by Gasteiger charge is -2.07. The summed E-state index contributed by atoms with van der Waals surface area (Å²) >= 11 is 0. The number of imide groups is 1. The SMILES string of the molecule is CN(C=O)C(=O)c1ccncc1. The van der Waals surface area contributed by atoms with Crippen LogP contribution in [0, 0.1) is 0 Å². The number of carbonyl (C=O) groups is 2. The number of aromatic nitrogens is 1. The van der Waals surface area contributed by atoms with E-state index in [2.05, 4.69) is 4.98 Å². The van der Waals surface area contributed by atoms with Crippen molar-refractivity contribution in [2.24, 2.45) is 0 Å². The van der Waals surface area contributed by atoms with E-state index in [4.69, 9.17) is 0 Å². The molecule has 0 bridgehead atoms. The van der Waals surface area contributed by atoms with Crippen molar-refractivity contribution in [1.29, 1.82) is 0 Å². The molecule has 2 amide bonds. The minimum absolute atomic E-state index is 0.326. The van der Waals surface area contributed by atoms with E-state index >= 15 is 0 Å². The Hall–Kier alpha value is -1.71. The largest absolute Gasteiger partial charge is 0.284 e. The second-order valence-electron chi connectivity index (χ2n) is 2.26. The first-order chi connectivity index (χ1) is 5.75. The minimum atomic E-state index is -0.326. The number of pyridine rings is 1. The van der Waals surface area contributed by atoms with Gasteiger partial charge in [0.25, 0.3) is 5.91 Å². The Morgan fingerprint density at radius 2 is 2.08 bits per heavy atom. The summed E-state index contributed by atoms with van der Waals surface area (Å²) < 4.78 is 0. The maximum Gasteiger partial charge on any atom is 0.260 e. The number of hydrogen-bond donors (Lipinski definition) is 0. The van der Waals surface area contributed by atoms with Crippen LogP contribution < -0.4 is 0 Å². The van der Waals surface area contributed by atoms with Crippen LogP contribution in [0.5, 0.6) is 0 Å². The van der Waals surface area contributed by atoms with Crippen molar-refractivity contribution in [3.8, 4) is 0 Å². The normalized spacial score (nSPS) is 9.08. The van der Waals surface area contributed by atoms with Crippen LogP contribution in [-0.4, -0.2) is 29.2 Å². The van der Waals surface area contributed by atoms with Crippen LogP contribution in [0.15, 0.2) is 24.5 Å². The highest BCUT2D eigenvalue weighted by Crippen LogP contribution is 1.98. The molecule has 4 heteroatoms. The zero-order valence-corrected chi connectivity index (χ0v) is 6.60. The molecule has 62 valence electrons. The van der Waals surface area contributed by atoms with E-state index in [1.807, 2.05) is 0 Å². The molecule has 0 saturated heterocycles. The van der Waals surface area contributed by atoms with E-state index in [1.54, 1.807) is 12.1 Å². The van der Waals surface area contributed by atoms with Crippen molar-refractivity contribution in [3.63, 3.8) is 0 Å². The summed E-state index contributed by atoms with van der Waals surface area (Å²) in [7, 11) is 1.41. The third-order valence-electron chi connectivity index (χ3n) is 1.41. The molecular formula is C8H8N2O2. The summed E-state index contributed by atoms with van der Waals surface area (Å²) in [6, 6.07) is 3.12. The summed E-state index contributed by atoms with van der Waals surface area (Å²) in [4.78, 5) is 26.2. The number of hydrogen-bond acceptors (Lipinski definition) is 3. The summed E-state index contributed by atoms with van der Waals surface area (Å²) in [5.41, 5.74) is 0.458. The van der Waals surface area contributed by atoms with Gasteiger partial charge >= 0.3 is 0 Å². The van der Waals surface area contributed by atoms with Gasteiger partial charge in [-0.25, -0.2) is 0 Å². The van der Waals surface area contributed by atoms with Crippen LogP contribution in [0.1, 0.15) is 10.4 Å². The monoisotopic (exact) mass is 164 g/mol. The first-order valence-electron chi connectivity index (χ1n) is 3.38. The summed E-state index contributed by atoms with van der Waals surface area (Å²) in [6.07, 6.45) is 3.49. The Morgan fingerprint density at radius 1 is 1.50 bits per heavy atom. The molecule has 0 N–H and O–H groups in total. The Labute approximate surface area is 69.8 Å². The predicted molar refractivity (Wildman–Crippen MR) is 42.4 cm³/mol. The number of carbonyl (C=O) groups excluding carboxylic acids is 2. The summed E-state index contributed by atoms with van der Waals surface area (Å²) in [5, 5.41) is 0. The van der Waals surface area contributed by atoms with Gasteiger partial charge < -0.3 is 0 Å². The smallest absolute Gasteiger partial charge is 0.260 e. The van der Waals surface area contributed by atoms with Crippen molar-refractivity contribution in [2.45, 2.75) is 0 Å². The molecular weight excluding hydrogens is 156 g/mol. The maximum absolute atomic E-state index is 11.2.